The second-order valence-corrected chi connectivity index (χ2v) is 25.7. The van der Waals surface area contributed by atoms with Crippen LogP contribution in [0.4, 0.5) is 0 Å². The molecule has 4 heterocycles. The lowest BCUT2D eigenvalue weighted by molar-refractivity contribution is -0.378. The third kappa shape index (κ3) is 10.9. The Bertz CT molecular complexity index is 1990. The fourth-order valence-electron chi connectivity index (χ4n) is 16.3. The molecule has 30 atom stereocenters. The monoisotopic (exact) mass is 1110 g/mol. The van der Waals surface area contributed by atoms with Crippen LogP contribution >= 0.6 is 0 Å². The van der Waals surface area contributed by atoms with Crippen molar-refractivity contribution < 1.29 is 114 Å². The molecule has 0 aromatic rings. The topological polar surface area (TPSA) is 377 Å². The van der Waals surface area contributed by atoms with E-state index in [1.165, 1.54) is 0 Å². The van der Waals surface area contributed by atoms with E-state index < -0.39 is 178 Å². The molecule has 0 aromatic heterocycles. The summed E-state index contributed by atoms with van der Waals surface area (Å²) in [4.78, 5) is 0. The molecule has 4 aliphatic carbocycles. The Morgan fingerprint density at radius 2 is 1.05 bits per heavy atom. The van der Waals surface area contributed by atoms with Crippen molar-refractivity contribution in [3.05, 3.63) is 11.6 Å². The molecular formula is C54H92O23. The Hall–Kier alpha value is -1.18. The Kier molecular flexibility index (Phi) is 18.9. The van der Waals surface area contributed by atoms with Gasteiger partial charge in [-0.2, -0.15) is 0 Å². The zero-order valence-electron chi connectivity index (χ0n) is 45.8. The highest BCUT2D eigenvalue weighted by Crippen LogP contribution is 2.76. The van der Waals surface area contributed by atoms with Crippen molar-refractivity contribution in [3.63, 3.8) is 0 Å². The maximum absolute atomic E-state index is 12.8. The lowest BCUT2D eigenvalue weighted by atomic mass is 9.35. The number of hydrogen-bond acceptors (Lipinski definition) is 23. The number of fused-ring (bicyclic) bond motifs is 5. The van der Waals surface area contributed by atoms with Crippen LogP contribution in [0.5, 0.6) is 0 Å². The van der Waals surface area contributed by atoms with E-state index in [-0.39, 0.29) is 34.5 Å². The smallest absolute Gasteiger partial charge is 0.187 e. The Morgan fingerprint density at radius 3 is 1.64 bits per heavy atom. The quantitative estimate of drug-likeness (QED) is 0.0576. The maximum Gasteiger partial charge on any atom is 0.187 e. The molecule has 0 radical (unpaired) electrons. The molecule has 23 nitrogen and oxygen atoms in total. The molecular weight excluding hydrogens is 1020 g/mol. The van der Waals surface area contributed by atoms with Crippen molar-refractivity contribution in [3.8, 4) is 0 Å². The first-order valence-electron chi connectivity index (χ1n) is 27.9. The third-order valence-electron chi connectivity index (χ3n) is 20.9. The van der Waals surface area contributed by atoms with E-state index in [1.807, 2.05) is 20.8 Å². The summed E-state index contributed by atoms with van der Waals surface area (Å²) < 4.78 is 48.9. The van der Waals surface area contributed by atoms with Crippen molar-refractivity contribution in [2.45, 2.75) is 254 Å². The van der Waals surface area contributed by atoms with E-state index >= 15 is 0 Å². The van der Waals surface area contributed by atoms with E-state index in [9.17, 15) is 76.6 Å². The van der Waals surface area contributed by atoms with Gasteiger partial charge >= 0.3 is 0 Å². The SMILES string of the molecule is CC(C)=CCC[C@](C)(OC1OC(COC2OC(CO)C(O)C(O)C2O)C(O)C(O)C1O)C1CC[C@]2(C)C1C(O)CC1[C@@]3(C)CCC(OC4OC(CO)C(O)C(O)C4OC4OC(CO)C(O)C(O)C4O)C(C)(C)C3CC[C@]12C. The molecule has 0 amide bonds. The van der Waals surface area contributed by atoms with Crippen molar-refractivity contribution in [2.24, 2.45) is 45.3 Å². The van der Waals surface area contributed by atoms with Crippen LogP contribution in [0.3, 0.4) is 0 Å². The summed E-state index contributed by atoms with van der Waals surface area (Å²) in [7, 11) is 0. The maximum atomic E-state index is 12.8. The van der Waals surface area contributed by atoms with Crippen LogP contribution in [0.1, 0.15) is 113 Å². The van der Waals surface area contributed by atoms with Gasteiger partial charge in [0.2, 0.25) is 0 Å². The lowest BCUT2D eigenvalue weighted by Crippen LogP contribution is -2.68. The first-order chi connectivity index (χ1) is 36.0. The summed E-state index contributed by atoms with van der Waals surface area (Å²) in [5, 5.41) is 162. The third-order valence-corrected chi connectivity index (χ3v) is 20.9. The number of allylic oxidation sites excluding steroid dienone is 2. The van der Waals surface area contributed by atoms with Crippen molar-refractivity contribution in [1.82, 2.24) is 0 Å². The zero-order chi connectivity index (χ0) is 56.6. The predicted molar refractivity (Wildman–Crippen MR) is 266 cm³/mol. The zero-order valence-corrected chi connectivity index (χ0v) is 45.8. The van der Waals surface area contributed by atoms with E-state index in [4.69, 9.17) is 37.9 Å². The first-order valence-corrected chi connectivity index (χ1v) is 27.9. The van der Waals surface area contributed by atoms with Gasteiger partial charge < -0.3 is 114 Å². The van der Waals surface area contributed by atoms with Gasteiger partial charge in [-0.15, -0.1) is 0 Å². The van der Waals surface area contributed by atoms with Gasteiger partial charge in [-0.25, -0.2) is 0 Å². The largest absolute Gasteiger partial charge is 0.394 e. The number of hydrogen-bond donors (Lipinski definition) is 15. The van der Waals surface area contributed by atoms with Gasteiger partial charge in [-0.05, 0) is 124 Å². The van der Waals surface area contributed by atoms with Crippen LogP contribution in [0, 0.1) is 45.3 Å². The number of ether oxygens (including phenoxy) is 8. The molecule has 8 rings (SSSR count). The summed E-state index contributed by atoms with van der Waals surface area (Å²) in [6.45, 7) is 14.6. The second kappa shape index (κ2) is 23.5. The van der Waals surface area contributed by atoms with Crippen LogP contribution in [0.15, 0.2) is 11.6 Å². The molecule has 0 aromatic carbocycles. The molecule has 446 valence electrons. The Balaban J connectivity index is 1.01. The molecule has 15 N–H and O–H groups in total. The highest BCUT2D eigenvalue weighted by Gasteiger charge is 2.72. The highest BCUT2D eigenvalue weighted by atomic mass is 16.8. The molecule has 26 unspecified atom stereocenters. The summed E-state index contributed by atoms with van der Waals surface area (Å²) >= 11 is 0. The van der Waals surface area contributed by atoms with Gasteiger partial charge in [0.25, 0.3) is 0 Å². The lowest BCUT2D eigenvalue weighted by Gasteiger charge is -2.71. The van der Waals surface area contributed by atoms with E-state index in [0.717, 1.165) is 24.8 Å². The van der Waals surface area contributed by atoms with E-state index in [0.29, 0.717) is 38.5 Å². The van der Waals surface area contributed by atoms with Crippen molar-refractivity contribution in [2.75, 3.05) is 26.4 Å². The standard InChI is InChI=1S/C54H92O23/c1-23(2)10-9-14-54(8,77-48-44(69)40(65)37(62)29(74-48)22-70-46-42(67)38(63)34(59)26(19-55)71-46)24-11-16-53(7)33(24)25(58)18-31-51(5)15-13-32(50(3,4)30(51)12-17-52(31,53)6)75-49-45(41(66)36(61)28(21-57)73-49)76-47-43(68)39(64)35(60)27(20-56)72-47/h10,24-49,55-69H,9,11-22H2,1-8H3/t24?,25?,26?,27?,28?,29?,30?,31?,32?,33?,34?,35?,36?,37?,38?,39?,40?,41?,42?,43?,44?,45?,46?,47?,48?,49?,51-,52+,53+,54-/m0/s1. The summed E-state index contributed by atoms with van der Waals surface area (Å²) in [5.74, 6) is -0.475. The van der Waals surface area contributed by atoms with Crippen molar-refractivity contribution >= 4 is 0 Å². The molecule has 0 spiro atoms. The first kappa shape index (κ1) is 61.9. The minimum absolute atomic E-state index is 0.0374. The Labute approximate surface area is 450 Å². The molecule has 4 saturated heterocycles. The van der Waals surface area contributed by atoms with Gasteiger partial charge in [0, 0.05) is 0 Å². The van der Waals surface area contributed by atoms with Crippen LogP contribution in [-0.4, -0.2) is 244 Å². The average molecular weight is 1110 g/mol. The fraction of sp³-hybridized carbons (Fsp3) is 0.963. The molecule has 23 heteroatoms. The van der Waals surface area contributed by atoms with Crippen LogP contribution in [0.2, 0.25) is 0 Å². The van der Waals surface area contributed by atoms with Crippen LogP contribution < -0.4 is 0 Å². The molecule has 8 fully saturated rings. The van der Waals surface area contributed by atoms with Crippen LogP contribution in [-0.2, 0) is 37.9 Å². The van der Waals surface area contributed by atoms with Gasteiger partial charge in [-0.3, -0.25) is 0 Å². The number of aliphatic hydroxyl groups is 15. The van der Waals surface area contributed by atoms with Crippen molar-refractivity contribution in [1.29, 1.82) is 0 Å². The number of rotatable bonds is 16. The molecule has 4 saturated carbocycles. The molecule has 77 heavy (non-hydrogen) atoms. The minimum Gasteiger partial charge on any atom is -0.394 e. The van der Waals surface area contributed by atoms with Gasteiger partial charge in [0.1, 0.15) is 97.7 Å². The van der Waals surface area contributed by atoms with Gasteiger partial charge in [-0.1, -0.05) is 46.3 Å². The van der Waals surface area contributed by atoms with Gasteiger partial charge in [0.15, 0.2) is 25.2 Å². The number of aliphatic hydroxyl groups excluding tert-OH is 15. The summed E-state index contributed by atoms with van der Waals surface area (Å²) in [6, 6.07) is 0. The average Bonchev–Trinajstić information content (AvgIpc) is 3.96. The predicted octanol–water partition coefficient (Wildman–Crippen LogP) is -2.20. The fourth-order valence-corrected chi connectivity index (χ4v) is 16.3. The van der Waals surface area contributed by atoms with E-state index in [2.05, 4.69) is 40.7 Å². The second-order valence-electron chi connectivity index (χ2n) is 25.7. The minimum atomic E-state index is -1.82. The Morgan fingerprint density at radius 1 is 0.545 bits per heavy atom. The summed E-state index contributed by atoms with van der Waals surface area (Å²) in [6.07, 6.45) is -25.2. The highest BCUT2D eigenvalue weighted by molar-refractivity contribution is 5.20. The summed E-state index contributed by atoms with van der Waals surface area (Å²) in [5.41, 5.74) is -1.59. The van der Waals surface area contributed by atoms with Gasteiger partial charge in [0.05, 0.1) is 44.2 Å². The molecule has 8 aliphatic rings. The molecule has 4 aliphatic heterocycles. The normalized spacial score (nSPS) is 52.7. The molecule has 0 bridgehead atoms. The van der Waals surface area contributed by atoms with E-state index in [1.54, 1.807) is 0 Å². The van der Waals surface area contributed by atoms with Crippen LogP contribution in [0.25, 0.3) is 0 Å².